The molecule has 0 fully saturated rings. The topological polar surface area (TPSA) is 38.9 Å². The lowest BCUT2D eigenvalue weighted by molar-refractivity contribution is 0.394. The van der Waals surface area contributed by atoms with Crippen molar-refractivity contribution in [3.05, 3.63) is 35.2 Å². The summed E-state index contributed by atoms with van der Waals surface area (Å²) in [6.45, 7) is 4.10. The Balaban J connectivity index is 2.02. The number of aryl methyl sites for hydroxylation is 1. The summed E-state index contributed by atoms with van der Waals surface area (Å²) in [6.07, 6.45) is 2.36. The molecule has 1 atom stereocenters. The van der Waals surface area contributed by atoms with Gasteiger partial charge in [-0.15, -0.1) is 0 Å². The smallest absolute Gasteiger partial charge is 0.223 e. The van der Waals surface area contributed by atoms with Crippen LogP contribution in [0.2, 0.25) is 0 Å². The van der Waals surface area contributed by atoms with Gasteiger partial charge in [0.25, 0.3) is 0 Å². The lowest BCUT2D eigenvalue weighted by Crippen LogP contribution is -1.89. The molecule has 0 saturated carbocycles. The maximum Gasteiger partial charge on any atom is 0.223 e. The first kappa shape index (κ1) is 9.58. The van der Waals surface area contributed by atoms with E-state index in [0.717, 1.165) is 11.5 Å². The molecule has 3 rings (SSSR count). The van der Waals surface area contributed by atoms with E-state index in [-0.39, 0.29) is 0 Å². The van der Waals surface area contributed by atoms with E-state index in [4.69, 9.17) is 4.52 Å². The molecular formula is C13H14N2O. The highest BCUT2D eigenvalue weighted by atomic mass is 16.5. The van der Waals surface area contributed by atoms with Crippen LogP contribution in [-0.2, 0) is 12.8 Å². The van der Waals surface area contributed by atoms with Crippen LogP contribution >= 0.6 is 0 Å². The van der Waals surface area contributed by atoms with Gasteiger partial charge in [-0.1, -0.05) is 24.2 Å². The Bertz CT molecular complexity index is 530. The number of aromatic nitrogens is 2. The summed E-state index contributed by atoms with van der Waals surface area (Å²) in [4.78, 5) is 4.25. The van der Waals surface area contributed by atoms with E-state index < -0.39 is 0 Å². The Morgan fingerprint density at radius 2 is 2.06 bits per heavy atom. The first-order chi connectivity index (χ1) is 7.72. The molecule has 0 aliphatic heterocycles. The minimum Gasteiger partial charge on any atom is -0.339 e. The molecular weight excluding hydrogens is 200 g/mol. The van der Waals surface area contributed by atoms with Crippen molar-refractivity contribution in [1.82, 2.24) is 10.1 Å². The predicted octanol–water partition coefficient (Wildman–Crippen LogP) is 2.78. The summed E-state index contributed by atoms with van der Waals surface area (Å²) in [5, 5.41) is 3.94. The van der Waals surface area contributed by atoms with E-state index in [1.54, 1.807) is 0 Å². The molecule has 1 heterocycles. The molecule has 16 heavy (non-hydrogen) atoms. The first-order valence-electron chi connectivity index (χ1n) is 5.65. The van der Waals surface area contributed by atoms with E-state index in [2.05, 4.69) is 35.3 Å². The molecule has 2 aromatic rings. The molecule has 1 aromatic carbocycles. The van der Waals surface area contributed by atoms with Gasteiger partial charge in [-0.25, -0.2) is 0 Å². The van der Waals surface area contributed by atoms with E-state index in [1.165, 1.54) is 24.0 Å². The summed E-state index contributed by atoms with van der Waals surface area (Å²) in [5.74, 6) is 2.07. The molecule has 0 radical (unpaired) electrons. The van der Waals surface area contributed by atoms with Gasteiger partial charge in [-0.05, 0) is 36.0 Å². The monoisotopic (exact) mass is 214 g/mol. The SMILES string of the molecule is Cc1nc(-c2ccc3c(c2)CC(C)C3)no1. The highest BCUT2D eigenvalue weighted by Gasteiger charge is 2.18. The maximum atomic E-state index is 5.00. The van der Waals surface area contributed by atoms with E-state index in [9.17, 15) is 0 Å². The molecule has 3 nitrogen and oxygen atoms in total. The highest BCUT2D eigenvalue weighted by molar-refractivity contribution is 5.57. The van der Waals surface area contributed by atoms with Gasteiger partial charge >= 0.3 is 0 Å². The van der Waals surface area contributed by atoms with Crippen molar-refractivity contribution in [3.8, 4) is 11.4 Å². The largest absolute Gasteiger partial charge is 0.339 e. The molecule has 0 bridgehead atoms. The van der Waals surface area contributed by atoms with Crippen LogP contribution in [0.15, 0.2) is 22.7 Å². The third-order valence-corrected chi connectivity index (χ3v) is 3.13. The number of benzene rings is 1. The molecule has 1 aliphatic carbocycles. The number of nitrogens with zero attached hydrogens (tertiary/aromatic N) is 2. The molecule has 82 valence electrons. The Kier molecular flexibility index (Phi) is 2.06. The van der Waals surface area contributed by atoms with Crippen LogP contribution in [0.1, 0.15) is 23.9 Å². The zero-order valence-electron chi connectivity index (χ0n) is 9.53. The fourth-order valence-electron chi connectivity index (χ4n) is 2.39. The maximum absolute atomic E-state index is 5.00. The van der Waals surface area contributed by atoms with Crippen LogP contribution in [0.3, 0.4) is 0 Å². The third-order valence-electron chi connectivity index (χ3n) is 3.13. The average Bonchev–Trinajstić information content (AvgIpc) is 2.81. The Labute approximate surface area is 94.5 Å². The van der Waals surface area contributed by atoms with Gasteiger partial charge in [-0.2, -0.15) is 4.98 Å². The van der Waals surface area contributed by atoms with Crippen LogP contribution in [-0.4, -0.2) is 10.1 Å². The number of fused-ring (bicyclic) bond motifs is 1. The summed E-state index contributed by atoms with van der Waals surface area (Å²) in [7, 11) is 0. The summed E-state index contributed by atoms with van der Waals surface area (Å²) in [5.41, 5.74) is 3.97. The van der Waals surface area contributed by atoms with Crippen LogP contribution < -0.4 is 0 Å². The highest BCUT2D eigenvalue weighted by Crippen LogP contribution is 2.29. The lowest BCUT2D eigenvalue weighted by atomic mass is 10.1. The zero-order chi connectivity index (χ0) is 11.1. The third kappa shape index (κ3) is 1.52. The second-order valence-electron chi connectivity index (χ2n) is 4.63. The van der Waals surface area contributed by atoms with Crippen LogP contribution in [0.4, 0.5) is 0 Å². The molecule has 1 aromatic heterocycles. The van der Waals surface area contributed by atoms with Gasteiger partial charge in [-0.3, -0.25) is 0 Å². The van der Waals surface area contributed by atoms with Crippen molar-refractivity contribution in [2.45, 2.75) is 26.7 Å². The first-order valence-corrected chi connectivity index (χ1v) is 5.65. The summed E-state index contributed by atoms with van der Waals surface area (Å²) >= 11 is 0. The molecule has 0 N–H and O–H groups in total. The van der Waals surface area contributed by atoms with Gasteiger partial charge in [0, 0.05) is 12.5 Å². The molecule has 0 saturated heterocycles. The van der Waals surface area contributed by atoms with Crippen molar-refractivity contribution in [1.29, 1.82) is 0 Å². The number of hydrogen-bond acceptors (Lipinski definition) is 3. The van der Waals surface area contributed by atoms with Crippen molar-refractivity contribution in [2.75, 3.05) is 0 Å². The summed E-state index contributed by atoms with van der Waals surface area (Å²) in [6, 6.07) is 6.48. The number of hydrogen-bond donors (Lipinski definition) is 0. The average molecular weight is 214 g/mol. The van der Waals surface area contributed by atoms with Gasteiger partial charge in [0.05, 0.1) is 0 Å². The van der Waals surface area contributed by atoms with Gasteiger partial charge in [0.2, 0.25) is 11.7 Å². The fraction of sp³-hybridized carbons (Fsp3) is 0.385. The van der Waals surface area contributed by atoms with Gasteiger partial charge < -0.3 is 4.52 Å². The predicted molar refractivity (Wildman–Crippen MR) is 61.0 cm³/mol. The van der Waals surface area contributed by atoms with E-state index >= 15 is 0 Å². The quantitative estimate of drug-likeness (QED) is 0.732. The van der Waals surface area contributed by atoms with Gasteiger partial charge in [0.1, 0.15) is 0 Å². The zero-order valence-corrected chi connectivity index (χ0v) is 9.53. The Morgan fingerprint density at radius 3 is 2.81 bits per heavy atom. The van der Waals surface area contributed by atoms with Crippen molar-refractivity contribution in [3.63, 3.8) is 0 Å². The Morgan fingerprint density at radius 1 is 1.25 bits per heavy atom. The van der Waals surface area contributed by atoms with Crippen molar-refractivity contribution < 1.29 is 4.52 Å². The van der Waals surface area contributed by atoms with E-state index in [1.807, 2.05) is 6.92 Å². The molecule has 0 spiro atoms. The molecule has 1 unspecified atom stereocenters. The minimum absolute atomic E-state index is 0.615. The van der Waals surface area contributed by atoms with Crippen molar-refractivity contribution in [2.24, 2.45) is 5.92 Å². The molecule has 3 heteroatoms. The van der Waals surface area contributed by atoms with Crippen molar-refractivity contribution >= 4 is 0 Å². The fourth-order valence-corrected chi connectivity index (χ4v) is 2.39. The Hall–Kier alpha value is -1.64. The normalized spacial score (nSPS) is 18.8. The molecule has 0 amide bonds. The lowest BCUT2D eigenvalue weighted by Gasteiger charge is -2.00. The van der Waals surface area contributed by atoms with Crippen LogP contribution in [0, 0.1) is 12.8 Å². The van der Waals surface area contributed by atoms with E-state index in [0.29, 0.717) is 11.7 Å². The second-order valence-corrected chi connectivity index (χ2v) is 4.63. The summed E-state index contributed by atoms with van der Waals surface area (Å²) < 4.78 is 5.00. The van der Waals surface area contributed by atoms with Crippen LogP contribution in [0.5, 0.6) is 0 Å². The number of rotatable bonds is 1. The minimum atomic E-state index is 0.615. The van der Waals surface area contributed by atoms with Crippen LogP contribution in [0.25, 0.3) is 11.4 Å². The molecule has 1 aliphatic rings. The second kappa shape index (κ2) is 3.44. The van der Waals surface area contributed by atoms with Gasteiger partial charge in [0.15, 0.2) is 0 Å². The standard InChI is InChI=1S/C13H14N2O/c1-8-5-10-3-4-11(7-12(10)6-8)13-14-9(2)16-15-13/h3-4,7-8H,5-6H2,1-2H3.